The minimum Gasteiger partial charge on any atom is -0.497 e. The summed E-state index contributed by atoms with van der Waals surface area (Å²) in [5.41, 5.74) is 0.799. The van der Waals surface area contributed by atoms with Crippen molar-refractivity contribution in [3.05, 3.63) is 71.2 Å². The summed E-state index contributed by atoms with van der Waals surface area (Å²) in [6.07, 6.45) is 2.29. The van der Waals surface area contributed by atoms with E-state index in [4.69, 9.17) is 4.74 Å². The van der Waals surface area contributed by atoms with Gasteiger partial charge in [-0.3, -0.25) is 14.7 Å². The lowest BCUT2D eigenvalue weighted by Crippen LogP contribution is -2.44. The second-order valence-electron chi connectivity index (χ2n) is 9.12. The largest absolute Gasteiger partial charge is 0.497 e. The Morgan fingerprint density at radius 1 is 1.22 bits per heavy atom. The molecule has 1 aliphatic heterocycles. The monoisotopic (exact) mass is 512 g/mol. The first-order valence-corrected chi connectivity index (χ1v) is 12.0. The molecule has 1 aromatic heterocycles. The van der Waals surface area contributed by atoms with Crippen LogP contribution in [0.1, 0.15) is 36.5 Å². The molecule has 0 unspecified atom stereocenters. The number of ether oxygens (including phenoxy) is 1. The number of carboxylic acids is 1. The van der Waals surface area contributed by atoms with E-state index in [1.807, 2.05) is 12.1 Å². The number of hydrogen-bond acceptors (Lipinski definition) is 5. The number of aromatic nitrogens is 1. The van der Waals surface area contributed by atoms with E-state index < -0.39 is 41.0 Å². The minimum atomic E-state index is -1.34. The van der Waals surface area contributed by atoms with Crippen molar-refractivity contribution in [1.82, 2.24) is 9.88 Å². The maximum absolute atomic E-state index is 13.8. The normalized spacial score (nSPS) is 18.7. The van der Waals surface area contributed by atoms with Gasteiger partial charge in [0, 0.05) is 18.1 Å². The Morgan fingerprint density at radius 3 is 2.76 bits per heavy atom. The number of benzene rings is 2. The molecule has 37 heavy (non-hydrogen) atoms. The summed E-state index contributed by atoms with van der Waals surface area (Å²) < 4.78 is 46.2. The Morgan fingerprint density at radius 2 is 2.00 bits per heavy atom. The number of aliphatic carboxylic acids is 1. The van der Waals surface area contributed by atoms with Crippen molar-refractivity contribution >= 4 is 16.9 Å². The third kappa shape index (κ3) is 6.04. The number of piperidine rings is 1. The summed E-state index contributed by atoms with van der Waals surface area (Å²) >= 11 is 0. The quantitative estimate of drug-likeness (QED) is 0.357. The summed E-state index contributed by atoms with van der Waals surface area (Å²) in [6.45, 7) is 0.857. The number of methoxy groups -OCH3 is 1. The molecule has 0 spiro atoms. The molecule has 2 aromatic carbocycles. The summed E-state index contributed by atoms with van der Waals surface area (Å²) in [6, 6.07) is 8.71. The number of likely N-dealkylation sites (tertiary alicyclic amines) is 1. The van der Waals surface area contributed by atoms with Crippen LogP contribution in [0.3, 0.4) is 0 Å². The van der Waals surface area contributed by atoms with Crippen molar-refractivity contribution < 1.29 is 32.9 Å². The number of nitrogens with zero attached hydrogens (tertiary/aromatic N) is 2. The molecule has 1 saturated heterocycles. The maximum atomic E-state index is 13.8. The van der Waals surface area contributed by atoms with Gasteiger partial charge in [-0.1, -0.05) is 11.8 Å². The number of carboxylic acid groups (broad SMARTS) is 1. The van der Waals surface area contributed by atoms with Gasteiger partial charge in [0.2, 0.25) is 0 Å². The topological polar surface area (TPSA) is 82.9 Å². The SMILES string of the molecule is COc1ccc2nccc([C@@H](O)CC[C@@H]3CCN(CC#Cc4c(F)ccc(F)c4F)C[C@@H]3C(=O)O)c2c1. The third-order valence-electron chi connectivity index (χ3n) is 6.87. The third-order valence-corrected chi connectivity index (χ3v) is 6.87. The molecule has 194 valence electrons. The van der Waals surface area contributed by atoms with Crippen molar-refractivity contribution in [3.8, 4) is 17.6 Å². The lowest BCUT2D eigenvalue weighted by molar-refractivity contribution is -0.146. The molecule has 6 nitrogen and oxygen atoms in total. The Hall–Kier alpha value is -3.61. The van der Waals surface area contributed by atoms with Crippen LogP contribution in [0.25, 0.3) is 10.9 Å². The number of hydrogen-bond donors (Lipinski definition) is 2. The molecule has 2 heterocycles. The van der Waals surface area contributed by atoms with Gasteiger partial charge in [0.25, 0.3) is 0 Å². The molecule has 2 N–H and O–H groups in total. The number of carbonyl (C=O) groups is 1. The highest BCUT2D eigenvalue weighted by Gasteiger charge is 2.34. The van der Waals surface area contributed by atoms with Gasteiger partial charge in [0.15, 0.2) is 11.6 Å². The Balaban J connectivity index is 1.39. The van der Waals surface area contributed by atoms with Crippen LogP contribution >= 0.6 is 0 Å². The van der Waals surface area contributed by atoms with E-state index in [1.165, 1.54) is 0 Å². The molecule has 1 aliphatic rings. The van der Waals surface area contributed by atoms with Crippen LogP contribution in [-0.4, -0.2) is 52.8 Å². The molecule has 9 heteroatoms. The highest BCUT2D eigenvalue weighted by molar-refractivity contribution is 5.83. The fourth-order valence-corrected chi connectivity index (χ4v) is 4.81. The van der Waals surface area contributed by atoms with Crippen LogP contribution in [0.15, 0.2) is 42.6 Å². The molecular formula is C28H27F3N2O4. The van der Waals surface area contributed by atoms with Crippen molar-refractivity contribution in [1.29, 1.82) is 0 Å². The standard InChI is InChI=1S/C28H27F3N2O4/c1-37-18-5-8-25-21(15-18)19(10-12-32-25)26(34)9-4-17-11-14-33(16-22(17)28(35)36)13-2-3-20-23(29)6-7-24(30)27(20)31/h5-8,10,12,15,17,22,26,34H,4,9,11,13-14,16H2,1H3,(H,35,36)/t17-,22+,26+/m1/s1. The lowest BCUT2D eigenvalue weighted by atomic mass is 9.81. The molecule has 3 aromatic rings. The maximum Gasteiger partial charge on any atom is 0.308 e. The fourth-order valence-electron chi connectivity index (χ4n) is 4.81. The Labute approximate surface area is 212 Å². The first-order chi connectivity index (χ1) is 17.8. The van der Waals surface area contributed by atoms with Gasteiger partial charge in [0.1, 0.15) is 11.6 Å². The van der Waals surface area contributed by atoms with Crippen LogP contribution in [0.2, 0.25) is 0 Å². The fraction of sp³-hybridized carbons (Fsp3) is 0.357. The lowest BCUT2D eigenvalue weighted by Gasteiger charge is -2.36. The van der Waals surface area contributed by atoms with Crippen LogP contribution in [0.5, 0.6) is 5.75 Å². The number of rotatable bonds is 7. The molecule has 0 bridgehead atoms. The molecule has 0 saturated carbocycles. The molecule has 4 rings (SSSR count). The molecule has 0 aliphatic carbocycles. The number of pyridine rings is 1. The average molecular weight is 513 g/mol. The van der Waals surface area contributed by atoms with Crippen molar-refractivity contribution in [3.63, 3.8) is 0 Å². The van der Waals surface area contributed by atoms with E-state index in [0.29, 0.717) is 43.2 Å². The second-order valence-corrected chi connectivity index (χ2v) is 9.12. The minimum absolute atomic E-state index is 0.0966. The zero-order valence-electron chi connectivity index (χ0n) is 20.3. The zero-order valence-corrected chi connectivity index (χ0v) is 20.3. The van der Waals surface area contributed by atoms with Crippen molar-refractivity contribution in [2.75, 3.05) is 26.7 Å². The van der Waals surface area contributed by atoms with E-state index in [-0.39, 0.29) is 19.0 Å². The average Bonchev–Trinajstić information content (AvgIpc) is 2.90. The number of aliphatic hydroxyl groups excluding tert-OH is 1. The van der Waals surface area contributed by atoms with Crippen LogP contribution in [0.4, 0.5) is 13.2 Å². The van der Waals surface area contributed by atoms with Crippen molar-refractivity contribution in [2.45, 2.75) is 25.4 Å². The second kappa shape index (κ2) is 11.6. The van der Waals surface area contributed by atoms with Gasteiger partial charge >= 0.3 is 5.97 Å². The molecule has 3 atom stereocenters. The van der Waals surface area contributed by atoms with Gasteiger partial charge in [-0.05, 0) is 73.7 Å². The first kappa shape index (κ1) is 26.5. The van der Waals surface area contributed by atoms with Crippen molar-refractivity contribution in [2.24, 2.45) is 11.8 Å². The molecule has 1 fully saturated rings. The van der Waals surface area contributed by atoms with E-state index in [9.17, 15) is 28.2 Å². The zero-order chi connectivity index (χ0) is 26.5. The Bertz CT molecular complexity index is 1350. The molecular weight excluding hydrogens is 485 g/mol. The van der Waals surface area contributed by atoms with E-state index in [0.717, 1.165) is 17.0 Å². The predicted molar refractivity (Wildman–Crippen MR) is 131 cm³/mol. The number of aliphatic hydroxyl groups is 1. The highest BCUT2D eigenvalue weighted by atomic mass is 19.2. The van der Waals surface area contributed by atoms with E-state index in [1.54, 1.807) is 30.3 Å². The van der Waals surface area contributed by atoms with Crippen LogP contribution < -0.4 is 4.74 Å². The van der Waals surface area contributed by atoms with Gasteiger partial charge in [-0.15, -0.1) is 0 Å². The first-order valence-electron chi connectivity index (χ1n) is 12.0. The van der Waals surface area contributed by atoms with Gasteiger partial charge < -0.3 is 14.9 Å². The predicted octanol–water partition coefficient (Wildman–Crippen LogP) is 4.55. The van der Waals surface area contributed by atoms with Crippen LogP contribution in [0, 0.1) is 41.1 Å². The molecule has 0 radical (unpaired) electrons. The van der Waals surface area contributed by atoms with Crippen LogP contribution in [-0.2, 0) is 4.79 Å². The number of halogens is 3. The highest BCUT2D eigenvalue weighted by Crippen LogP contribution is 2.33. The summed E-state index contributed by atoms with van der Waals surface area (Å²) in [4.78, 5) is 18.1. The smallest absolute Gasteiger partial charge is 0.308 e. The van der Waals surface area contributed by atoms with E-state index in [2.05, 4.69) is 16.8 Å². The summed E-state index contributed by atoms with van der Waals surface area (Å²) in [5.74, 6) is 0.359. The van der Waals surface area contributed by atoms with Gasteiger partial charge in [0.05, 0.1) is 36.8 Å². The van der Waals surface area contributed by atoms with E-state index >= 15 is 0 Å². The summed E-state index contributed by atoms with van der Waals surface area (Å²) in [5, 5.41) is 21.6. The Kier molecular flexibility index (Phi) is 8.31. The van der Waals surface area contributed by atoms with Gasteiger partial charge in [-0.25, -0.2) is 13.2 Å². The number of fused-ring (bicyclic) bond motifs is 1. The van der Waals surface area contributed by atoms with Gasteiger partial charge in [-0.2, -0.15) is 0 Å². The molecule has 0 amide bonds. The summed E-state index contributed by atoms with van der Waals surface area (Å²) in [7, 11) is 1.57.